The smallest absolute Gasteiger partial charge is 0.280 e. The third-order valence-corrected chi connectivity index (χ3v) is 5.39. The first-order valence-corrected chi connectivity index (χ1v) is 9.78. The summed E-state index contributed by atoms with van der Waals surface area (Å²) in [5.74, 6) is -0.562. The number of halogens is 1. The second kappa shape index (κ2) is 8.61. The summed E-state index contributed by atoms with van der Waals surface area (Å²) in [6, 6.07) is 7.44. The van der Waals surface area contributed by atoms with E-state index in [2.05, 4.69) is 15.5 Å². The van der Waals surface area contributed by atoms with Crippen molar-refractivity contribution in [2.45, 2.75) is 36.0 Å². The van der Waals surface area contributed by atoms with Crippen LogP contribution in [0.25, 0.3) is 0 Å². The van der Waals surface area contributed by atoms with Crippen molar-refractivity contribution in [3.8, 4) is 0 Å². The van der Waals surface area contributed by atoms with E-state index < -0.39 is 17.1 Å². The van der Waals surface area contributed by atoms with Crippen LogP contribution in [0.1, 0.15) is 25.3 Å². The van der Waals surface area contributed by atoms with Gasteiger partial charge in [0.15, 0.2) is 16.0 Å². The third-order valence-electron chi connectivity index (χ3n) is 3.34. The normalized spacial score (nSPS) is 15.6. The molecule has 138 valence electrons. The van der Waals surface area contributed by atoms with Gasteiger partial charge >= 0.3 is 0 Å². The maximum atomic E-state index is 13.1. The molecule has 0 unspecified atom stereocenters. The van der Waals surface area contributed by atoms with E-state index in [1.807, 2.05) is 23.9 Å². The van der Waals surface area contributed by atoms with E-state index in [0.29, 0.717) is 10.8 Å². The van der Waals surface area contributed by atoms with E-state index >= 15 is 0 Å². The predicted octanol–water partition coefficient (Wildman–Crippen LogP) is 3.28. The van der Waals surface area contributed by atoms with Crippen molar-refractivity contribution in [3.63, 3.8) is 0 Å². The van der Waals surface area contributed by atoms with Crippen LogP contribution in [0.15, 0.2) is 40.5 Å². The highest BCUT2D eigenvalue weighted by atomic mass is 32.2. The number of rotatable bonds is 8. The number of thioether (sulfide) groups is 1. The molecule has 1 aromatic heterocycles. The van der Waals surface area contributed by atoms with E-state index in [0.717, 1.165) is 22.4 Å². The van der Waals surface area contributed by atoms with Gasteiger partial charge in [0.2, 0.25) is 0 Å². The van der Waals surface area contributed by atoms with Crippen molar-refractivity contribution < 1.29 is 19.1 Å². The molecule has 0 radical (unpaired) electrons. The number of oxime groups is 1. The molecule has 0 bridgehead atoms. The molecule has 1 fully saturated rings. The van der Waals surface area contributed by atoms with Crippen LogP contribution in [0.5, 0.6) is 0 Å². The van der Waals surface area contributed by atoms with Gasteiger partial charge in [0, 0.05) is 15.7 Å². The van der Waals surface area contributed by atoms with Crippen molar-refractivity contribution in [2.24, 2.45) is 5.16 Å². The second-order valence-corrected chi connectivity index (χ2v) is 8.20. The van der Waals surface area contributed by atoms with Gasteiger partial charge in [-0.25, -0.2) is 4.98 Å². The molecule has 2 N–H and O–H groups in total. The quantitative estimate of drug-likeness (QED) is 0.529. The molecule has 0 aliphatic heterocycles. The van der Waals surface area contributed by atoms with Crippen LogP contribution in [-0.2, 0) is 9.63 Å². The van der Waals surface area contributed by atoms with Crippen molar-refractivity contribution in [1.82, 2.24) is 4.98 Å². The Labute approximate surface area is 158 Å². The number of aliphatic hydroxyl groups is 1. The molecular weight excluding hydrogens is 377 g/mol. The van der Waals surface area contributed by atoms with Gasteiger partial charge in [-0.05, 0) is 31.9 Å². The number of hydrogen-bond acceptors (Lipinski definition) is 7. The molecule has 2 aromatic rings. The number of aliphatic hydroxyl groups excluding tert-OH is 1. The topological polar surface area (TPSA) is 83.8 Å². The maximum absolute atomic E-state index is 13.1. The van der Waals surface area contributed by atoms with Crippen molar-refractivity contribution in [1.29, 1.82) is 0 Å². The number of hydrogen-bond donors (Lipinski definition) is 2. The number of thiazole rings is 1. The Morgan fingerprint density at radius 3 is 2.81 bits per heavy atom. The fraction of sp³-hybridized carbons (Fsp3) is 0.353. The SMILES string of the molecule is C[C@H](O)CO/N=C(/C(=O)Nc1ncc(F)s1)c1ccc(SC2CC2)cc1. The summed E-state index contributed by atoms with van der Waals surface area (Å²) >= 11 is 2.54. The van der Waals surface area contributed by atoms with E-state index in [1.54, 1.807) is 19.1 Å². The average molecular weight is 395 g/mol. The highest BCUT2D eigenvalue weighted by Gasteiger charge is 2.23. The number of carbonyl (C=O) groups excluding carboxylic acids is 1. The predicted molar refractivity (Wildman–Crippen MR) is 100 cm³/mol. The van der Waals surface area contributed by atoms with Crippen molar-refractivity contribution >= 4 is 39.8 Å². The number of carbonyl (C=O) groups is 1. The Bertz CT molecular complexity index is 789. The van der Waals surface area contributed by atoms with Crippen LogP contribution in [0.3, 0.4) is 0 Å². The van der Waals surface area contributed by atoms with Gasteiger partial charge in [-0.15, -0.1) is 11.8 Å². The molecule has 1 aliphatic carbocycles. The molecule has 9 heteroatoms. The average Bonchev–Trinajstić information content (AvgIpc) is 3.32. The number of anilines is 1. The Balaban J connectivity index is 1.76. The number of benzene rings is 1. The highest BCUT2D eigenvalue weighted by Crippen LogP contribution is 2.39. The van der Waals surface area contributed by atoms with Crippen LogP contribution in [0, 0.1) is 5.13 Å². The van der Waals surface area contributed by atoms with Gasteiger partial charge in [-0.3, -0.25) is 10.1 Å². The number of aromatic nitrogens is 1. The number of nitrogens with one attached hydrogen (secondary N) is 1. The number of amides is 1. The summed E-state index contributed by atoms with van der Waals surface area (Å²) in [6.45, 7) is 1.51. The van der Waals surface area contributed by atoms with E-state index in [1.165, 1.54) is 12.8 Å². The first kappa shape index (κ1) is 18.8. The maximum Gasteiger partial charge on any atom is 0.280 e. The van der Waals surface area contributed by atoms with E-state index in [9.17, 15) is 14.3 Å². The molecule has 0 saturated heterocycles. The van der Waals surface area contributed by atoms with Gasteiger partial charge in [0.1, 0.15) is 6.61 Å². The summed E-state index contributed by atoms with van der Waals surface area (Å²) in [5, 5.41) is 16.0. The van der Waals surface area contributed by atoms with Crippen LogP contribution in [-0.4, -0.2) is 39.7 Å². The molecular formula is C17H18FN3O3S2. The Hall–Kier alpha value is -1.97. The molecule has 1 atom stereocenters. The Kier molecular flexibility index (Phi) is 6.23. The second-order valence-electron chi connectivity index (χ2n) is 5.85. The van der Waals surface area contributed by atoms with Gasteiger partial charge in [0.05, 0.1) is 12.3 Å². The zero-order chi connectivity index (χ0) is 18.5. The lowest BCUT2D eigenvalue weighted by atomic mass is 10.1. The minimum absolute atomic E-state index is 0.0317. The zero-order valence-corrected chi connectivity index (χ0v) is 15.6. The molecule has 1 saturated carbocycles. The molecule has 1 aliphatic rings. The number of nitrogens with zero attached hydrogens (tertiary/aromatic N) is 2. The monoisotopic (exact) mass is 395 g/mol. The van der Waals surface area contributed by atoms with E-state index in [4.69, 9.17) is 4.84 Å². The summed E-state index contributed by atoms with van der Waals surface area (Å²) in [7, 11) is 0. The van der Waals surface area contributed by atoms with Crippen molar-refractivity contribution in [3.05, 3.63) is 41.2 Å². The first-order chi connectivity index (χ1) is 12.5. The fourth-order valence-electron chi connectivity index (χ4n) is 1.97. The highest BCUT2D eigenvalue weighted by molar-refractivity contribution is 8.00. The van der Waals surface area contributed by atoms with Crippen LogP contribution < -0.4 is 5.32 Å². The van der Waals surface area contributed by atoms with Gasteiger partial charge in [-0.2, -0.15) is 4.39 Å². The first-order valence-electron chi connectivity index (χ1n) is 8.09. The third kappa shape index (κ3) is 5.52. The van der Waals surface area contributed by atoms with Gasteiger partial charge in [-0.1, -0.05) is 28.6 Å². The minimum Gasteiger partial charge on any atom is -0.392 e. The largest absolute Gasteiger partial charge is 0.392 e. The fourth-order valence-corrected chi connectivity index (χ4v) is 3.56. The minimum atomic E-state index is -0.714. The summed E-state index contributed by atoms with van der Waals surface area (Å²) in [4.78, 5) is 22.5. The van der Waals surface area contributed by atoms with E-state index in [-0.39, 0.29) is 17.5 Å². The van der Waals surface area contributed by atoms with Gasteiger partial charge in [0.25, 0.3) is 5.91 Å². The van der Waals surface area contributed by atoms with Gasteiger partial charge < -0.3 is 9.94 Å². The Morgan fingerprint density at radius 2 is 2.23 bits per heavy atom. The lowest BCUT2D eigenvalue weighted by molar-refractivity contribution is -0.110. The molecule has 0 spiro atoms. The van der Waals surface area contributed by atoms with Crippen molar-refractivity contribution in [2.75, 3.05) is 11.9 Å². The summed E-state index contributed by atoms with van der Waals surface area (Å²) in [5.41, 5.74) is 0.592. The summed E-state index contributed by atoms with van der Waals surface area (Å²) in [6.07, 6.45) is 2.79. The molecule has 1 heterocycles. The zero-order valence-electron chi connectivity index (χ0n) is 14.0. The summed E-state index contributed by atoms with van der Waals surface area (Å²) < 4.78 is 13.1. The standard InChI is InChI=1S/C17H18FN3O3S2/c1-10(22)9-24-21-15(16(23)20-17-19-8-14(18)26-17)11-2-4-12(5-3-11)25-13-6-7-13/h2-5,8,10,13,22H,6-7,9H2,1H3,(H,19,20,23)/b21-15+/t10-/m0/s1. The Morgan fingerprint density at radius 1 is 1.50 bits per heavy atom. The van der Waals surface area contributed by atoms with Crippen LogP contribution >= 0.6 is 23.1 Å². The lowest BCUT2D eigenvalue weighted by Gasteiger charge is -2.08. The molecule has 3 rings (SSSR count). The van der Waals surface area contributed by atoms with Crippen LogP contribution in [0.2, 0.25) is 0 Å². The molecule has 1 amide bonds. The molecule has 26 heavy (non-hydrogen) atoms. The molecule has 6 nitrogen and oxygen atoms in total. The lowest BCUT2D eigenvalue weighted by Crippen LogP contribution is -2.24. The van der Waals surface area contributed by atoms with Crippen LogP contribution in [0.4, 0.5) is 9.52 Å². The molecule has 1 aromatic carbocycles.